The number of hydrogen-bond acceptors (Lipinski definition) is 3. The third-order valence-electron chi connectivity index (χ3n) is 4.58. The van der Waals surface area contributed by atoms with Crippen LogP contribution in [0.1, 0.15) is 52.4 Å². The lowest BCUT2D eigenvalue weighted by molar-refractivity contribution is 0.103. The Balaban J connectivity index is 2.03. The Kier molecular flexibility index (Phi) is 5.31. The first kappa shape index (κ1) is 18.7. The summed E-state index contributed by atoms with van der Waals surface area (Å²) in [6.45, 7) is 8.10. The number of carbonyl (C=O) groups is 1. The Morgan fingerprint density at radius 3 is 2.26 bits per heavy atom. The molecular weight excluding hydrogens is 336 g/mol. The van der Waals surface area contributed by atoms with Gasteiger partial charge in [-0.05, 0) is 43.0 Å². The largest absolute Gasteiger partial charge is 0.507 e. The van der Waals surface area contributed by atoms with E-state index in [9.17, 15) is 9.90 Å². The van der Waals surface area contributed by atoms with Crippen LogP contribution in [0.5, 0.6) is 17.2 Å². The van der Waals surface area contributed by atoms with E-state index in [-0.39, 0.29) is 23.0 Å². The number of aryl methyl sites for hydroxylation is 2. The standard InChI is InChI=1S/C24H24O3/c1-15(2)19-13-20(24(26)18-8-6-5-7-9-18)21(25)14-23(19)27-22-11-10-16(3)12-17(22)4/h5-15,25H,1-4H3. The molecule has 3 nitrogen and oxygen atoms in total. The van der Waals surface area contributed by atoms with Crippen LogP contribution in [-0.4, -0.2) is 10.9 Å². The Morgan fingerprint density at radius 1 is 0.926 bits per heavy atom. The molecule has 3 aromatic carbocycles. The highest BCUT2D eigenvalue weighted by molar-refractivity contribution is 6.10. The third kappa shape index (κ3) is 4.03. The zero-order chi connectivity index (χ0) is 19.6. The minimum Gasteiger partial charge on any atom is -0.507 e. The highest BCUT2D eigenvalue weighted by Gasteiger charge is 2.20. The van der Waals surface area contributed by atoms with Crippen molar-refractivity contribution in [1.82, 2.24) is 0 Å². The number of ether oxygens (including phenoxy) is 1. The SMILES string of the molecule is Cc1ccc(Oc2cc(O)c(C(=O)c3ccccc3)cc2C(C)C)c(C)c1. The summed E-state index contributed by atoms with van der Waals surface area (Å²) in [5.74, 6) is 1.16. The van der Waals surface area contributed by atoms with Gasteiger partial charge in [0.25, 0.3) is 0 Å². The Morgan fingerprint density at radius 2 is 1.63 bits per heavy atom. The van der Waals surface area contributed by atoms with Crippen LogP contribution in [0.2, 0.25) is 0 Å². The molecule has 1 N–H and O–H groups in total. The number of aromatic hydroxyl groups is 1. The second-order valence-corrected chi connectivity index (χ2v) is 7.13. The number of ketones is 1. The Bertz CT molecular complexity index is 972. The predicted octanol–water partition coefficient (Wildman–Crippen LogP) is 6.16. The first-order valence-electron chi connectivity index (χ1n) is 9.08. The molecule has 0 amide bonds. The van der Waals surface area contributed by atoms with Gasteiger partial charge in [0.05, 0.1) is 5.56 Å². The molecular formula is C24H24O3. The molecule has 0 unspecified atom stereocenters. The molecule has 0 spiro atoms. The van der Waals surface area contributed by atoms with Gasteiger partial charge < -0.3 is 9.84 Å². The maximum Gasteiger partial charge on any atom is 0.196 e. The third-order valence-corrected chi connectivity index (χ3v) is 4.58. The fraction of sp³-hybridized carbons (Fsp3) is 0.208. The molecule has 0 aliphatic rings. The number of benzene rings is 3. The molecule has 0 fully saturated rings. The van der Waals surface area contributed by atoms with E-state index in [2.05, 4.69) is 6.07 Å². The molecule has 0 heterocycles. The molecule has 0 bridgehead atoms. The average Bonchev–Trinajstić information content (AvgIpc) is 2.64. The van der Waals surface area contributed by atoms with Crippen molar-refractivity contribution in [1.29, 1.82) is 0 Å². The average molecular weight is 360 g/mol. The Labute approximate surface area is 160 Å². The molecule has 0 atom stereocenters. The molecule has 0 aliphatic carbocycles. The molecule has 0 saturated carbocycles. The van der Waals surface area contributed by atoms with E-state index in [1.807, 2.05) is 58.0 Å². The van der Waals surface area contributed by atoms with E-state index < -0.39 is 0 Å². The highest BCUT2D eigenvalue weighted by Crippen LogP contribution is 2.37. The van der Waals surface area contributed by atoms with Gasteiger partial charge in [-0.15, -0.1) is 0 Å². The Hall–Kier alpha value is -3.07. The summed E-state index contributed by atoms with van der Waals surface area (Å²) in [6, 6.07) is 18.2. The van der Waals surface area contributed by atoms with E-state index in [0.29, 0.717) is 11.3 Å². The molecule has 3 aromatic rings. The number of hydrogen-bond donors (Lipinski definition) is 1. The zero-order valence-electron chi connectivity index (χ0n) is 16.1. The van der Waals surface area contributed by atoms with Gasteiger partial charge >= 0.3 is 0 Å². The van der Waals surface area contributed by atoms with Crippen LogP contribution < -0.4 is 4.74 Å². The lowest BCUT2D eigenvalue weighted by Crippen LogP contribution is -2.04. The van der Waals surface area contributed by atoms with Crippen LogP contribution in [0.15, 0.2) is 60.7 Å². The van der Waals surface area contributed by atoms with Crippen molar-refractivity contribution in [3.63, 3.8) is 0 Å². The summed E-state index contributed by atoms with van der Waals surface area (Å²) < 4.78 is 6.11. The molecule has 0 aromatic heterocycles. The van der Waals surface area contributed by atoms with Crippen LogP contribution in [0.4, 0.5) is 0 Å². The predicted molar refractivity (Wildman–Crippen MR) is 108 cm³/mol. The molecule has 138 valence electrons. The van der Waals surface area contributed by atoms with E-state index in [1.165, 1.54) is 0 Å². The maximum atomic E-state index is 12.8. The number of phenolic OH excluding ortho intramolecular Hbond substituents is 1. The smallest absolute Gasteiger partial charge is 0.196 e. The molecule has 0 saturated heterocycles. The summed E-state index contributed by atoms with van der Waals surface area (Å²) in [7, 11) is 0. The quantitative estimate of drug-likeness (QED) is 0.555. The van der Waals surface area contributed by atoms with Crippen molar-refractivity contribution < 1.29 is 14.6 Å². The van der Waals surface area contributed by atoms with Gasteiger partial charge in [0.15, 0.2) is 5.78 Å². The van der Waals surface area contributed by atoms with Crippen LogP contribution in [0.25, 0.3) is 0 Å². The maximum absolute atomic E-state index is 12.8. The minimum atomic E-state index is -0.201. The summed E-state index contributed by atoms with van der Waals surface area (Å²) in [5.41, 5.74) is 3.90. The lowest BCUT2D eigenvalue weighted by atomic mass is 9.95. The van der Waals surface area contributed by atoms with Crippen LogP contribution in [0, 0.1) is 13.8 Å². The van der Waals surface area contributed by atoms with Gasteiger partial charge in [-0.3, -0.25) is 4.79 Å². The summed E-state index contributed by atoms with van der Waals surface area (Å²) in [5, 5.41) is 10.5. The first-order chi connectivity index (χ1) is 12.9. The number of phenols is 1. The normalized spacial score (nSPS) is 10.9. The van der Waals surface area contributed by atoms with Crippen molar-refractivity contribution in [2.75, 3.05) is 0 Å². The summed E-state index contributed by atoms with van der Waals surface area (Å²) >= 11 is 0. The van der Waals surface area contributed by atoms with Gasteiger partial charge in [0.1, 0.15) is 17.2 Å². The van der Waals surface area contributed by atoms with Crippen molar-refractivity contribution in [2.24, 2.45) is 0 Å². The van der Waals surface area contributed by atoms with Crippen molar-refractivity contribution >= 4 is 5.78 Å². The van der Waals surface area contributed by atoms with Crippen molar-refractivity contribution in [2.45, 2.75) is 33.6 Å². The van der Waals surface area contributed by atoms with Crippen molar-refractivity contribution in [3.8, 4) is 17.2 Å². The molecule has 27 heavy (non-hydrogen) atoms. The lowest BCUT2D eigenvalue weighted by Gasteiger charge is -2.17. The number of rotatable bonds is 5. The first-order valence-corrected chi connectivity index (χ1v) is 9.08. The fourth-order valence-electron chi connectivity index (χ4n) is 3.08. The van der Waals surface area contributed by atoms with Crippen LogP contribution >= 0.6 is 0 Å². The van der Waals surface area contributed by atoms with E-state index in [4.69, 9.17) is 4.74 Å². The van der Waals surface area contributed by atoms with Gasteiger partial charge in [-0.2, -0.15) is 0 Å². The van der Waals surface area contributed by atoms with E-state index in [1.54, 1.807) is 24.3 Å². The van der Waals surface area contributed by atoms with Gasteiger partial charge in [0.2, 0.25) is 0 Å². The van der Waals surface area contributed by atoms with Gasteiger partial charge in [-0.1, -0.05) is 61.9 Å². The summed E-state index contributed by atoms with van der Waals surface area (Å²) in [6.07, 6.45) is 0. The topological polar surface area (TPSA) is 46.5 Å². The molecule has 3 rings (SSSR count). The fourth-order valence-corrected chi connectivity index (χ4v) is 3.08. The molecule has 0 aliphatic heterocycles. The van der Waals surface area contributed by atoms with Crippen LogP contribution in [0.3, 0.4) is 0 Å². The van der Waals surface area contributed by atoms with Gasteiger partial charge in [-0.25, -0.2) is 0 Å². The zero-order valence-corrected chi connectivity index (χ0v) is 16.1. The van der Waals surface area contributed by atoms with E-state index >= 15 is 0 Å². The second kappa shape index (κ2) is 7.67. The minimum absolute atomic E-state index is 0.0759. The van der Waals surface area contributed by atoms with Crippen LogP contribution in [-0.2, 0) is 0 Å². The second-order valence-electron chi connectivity index (χ2n) is 7.13. The molecule has 3 heteroatoms. The highest BCUT2D eigenvalue weighted by atomic mass is 16.5. The molecule has 0 radical (unpaired) electrons. The van der Waals surface area contributed by atoms with Gasteiger partial charge in [0, 0.05) is 11.6 Å². The van der Waals surface area contributed by atoms with E-state index in [0.717, 1.165) is 22.4 Å². The monoisotopic (exact) mass is 360 g/mol. The van der Waals surface area contributed by atoms with Crippen molar-refractivity contribution in [3.05, 3.63) is 88.5 Å². The summed E-state index contributed by atoms with van der Waals surface area (Å²) in [4.78, 5) is 12.8. The number of carbonyl (C=O) groups excluding carboxylic acids is 1.